The number of halogens is 3. The molecule has 3 aliphatic heterocycles. The average Bonchev–Trinajstić information content (AvgIpc) is 3.32. The molecule has 3 heterocycles. The second-order valence-electron chi connectivity index (χ2n) is 8.82. The Morgan fingerprint density at radius 1 is 0.943 bits per heavy atom. The number of amides is 2. The number of Topliss-reactive ketones (excluding diaryl/α,β-unsaturated/α-hetero) is 1. The quantitative estimate of drug-likeness (QED) is 0.318. The van der Waals surface area contributed by atoms with Crippen LogP contribution in [0.4, 0.5) is 15.8 Å². The van der Waals surface area contributed by atoms with Gasteiger partial charge in [0.15, 0.2) is 5.78 Å². The molecule has 2 fully saturated rings. The highest BCUT2D eigenvalue weighted by Gasteiger charge is 2.64. The zero-order valence-corrected chi connectivity index (χ0v) is 20.4. The van der Waals surface area contributed by atoms with E-state index in [0.29, 0.717) is 16.3 Å². The monoisotopic (exact) mass is 550 g/mol. The lowest BCUT2D eigenvalue weighted by molar-refractivity contribution is -0.122. The van der Waals surface area contributed by atoms with E-state index in [0.717, 1.165) is 21.0 Å². The van der Waals surface area contributed by atoms with Crippen LogP contribution >= 0.6 is 27.5 Å². The van der Waals surface area contributed by atoms with Crippen molar-refractivity contribution in [3.05, 3.63) is 99.2 Å². The van der Waals surface area contributed by atoms with E-state index in [-0.39, 0.29) is 11.5 Å². The van der Waals surface area contributed by atoms with Crippen molar-refractivity contribution in [3.8, 4) is 0 Å². The summed E-state index contributed by atoms with van der Waals surface area (Å²) in [5.41, 5.74) is 2.15. The van der Waals surface area contributed by atoms with Gasteiger partial charge >= 0.3 is 0 Å². The highest BCUT2D eigenvalue weighted by molar-refractivity contribution is 9.10. The summed E-state index contributed by atoms with van der Waals surface area (Å²) in [7, 11) is 0. The molecule has 0 aromatic heterocycles. The minimum absolute atomic E-state index is 0.166. The van der Waals surface area contributed by atoms with E-state index < -0.39 is 41.6 Å². The van der Waals surface area contributed by atoms with Crippen molar-refractivity contribution in [3.63, 3.8) is 0 Å². The number of benzene rings is 3. The van der Waals surface area contributed by atoms with Crippen LogP contribution in [0.1, 0.15) is 15.9 Å². The van der Waals surface area contributed by atoms with Crippen molar-refractivity contribution in [2.75, 3.05) is 9.80 Å². The SMILES string of the molecule is O=C(c1ccc(Br)cc1)C1C2C(=O)N(c3cccc(F)c3)C(=O)C2C2C=Cc3ccc(Cl)cc3N21. The predicted molar refractivity (Wildman–Crippen MR) is 135 cm³/mol. The van der Waals surface area contributed by atoms with Gasteiger partial charge in [-0.15, -0.1) is 0 Å². The third-order valence-electron chi connectivity index (χ3n) is 6.93. The zero-order valence-electron chi connectivity index (χ0n) is 18.1. The molecule has 35 heavy (non-hydrogen) atoms. The standard InChI is InChI=1S/C27H17BrClFN2O3/c28-16-8-4-15(5-9-16)25(33)24-23-22(20-11-7-14-6-10-17(29)12-21(14)32(20)24)26(34)31(27(23)35)19-3-1-2-18(30)13-19/h1-13,20,22-24H. The Balaban J connectivity index is 1.51. The molecule has 4 unspecified atom stereocenters. The van der Waals surface area contributed by atoms with E-state index in [1.165, 1.54) is 18.2 Å². The van der Waals surface area contributed by atoms with Gasteiger partial charge in [0, 0.05) is 20.7 Å². The van der Waals surface area contributed by atoms with Crippen LogP contribution < -0.4 is 9.80 Å². The number of rotatable bonds is 3. The first-order valence-corrected chi connectivity index (χ1v) is 12.2. The highest BCUT2D eigenvalue weighted by Crippen LogP contribution is 2.50. The normalized spacial score (nSPS) is 24.4. The van der Waals surface area contributed by atoms with Crippen molar-refractivity contribution in [1.82, 2.24) is 0 Å². The molecule has 0 spiro atoms. The lowest BCUT2D eigenvalue weighted by Gasteiger charge is -2.36. The molecule has 3 aromatic carbocycles. The molecular formula is C27H17BrClFN2O3. The van der Waals surface area contributed by atoms with Gasteiger partial charge in [0.1, 0.15) is 11.9 Å². The molecule has 0 radical (unpaired) electrons. The van der Waals surface area contributed by atoms with Gasteiger partial charge < -0.3 is 4.90 Å². The summed E-state index contributed by atoms with van der Waals surface area (Å²) in [6.07, 6.45) is 3.75. The van der Waals surface area contributed by atoms with Crippen molar-refractivity contribution < 1.29 is 18.8 Å². The maximum atomic E-state index is 14.0. The number of ketones is 1. The maximum Gasteiger partial charge on any atom is 0.240 e. The summed E-state index contributed by atoms with van der Waals surface area (Å²) < 4.78 is 14.8. The topological polar surface area (TPSA) is 57.7 Å². The molecule has 8 heteroatoms. The van der Waals surface area contributed by atoms with E-state index in [9.17, 15) is 18.8 Å². The summed E-state index contributed by atoms with van der Waals surface area (Å²) in [5.74, 6) is -3.49. The van der Waals surface area contributed by atoms with Crippen LogP contribution in [0.15, 0.2) is 77.3 Å². The zero-order chi connectivity index (χ0) is 24.4. The average molecular weight is 552 g/mol. The Morgan fingerprint density at radius 2 is 1.69 bits per heavy atom. The highest BCUT2D eigenvalue weighted by atomic mass is 79.9. The predicted octanol–water partition coefficient (Wildman–Crippen LogP) is 5.51. The van der Waals surface area contributed by atoms with Gasteiger partial charge in [-0.3, -0.25) is 14.4 Å². The molecule has 4 atom stereocenters. The van der Waals surface area contributed by atoms with Crippen LogP contribution in [0.25, 0.3) is 6.08 Å². The third-order valence-corrected chi connectivity index (χ3v) is 7.70. The van der Waals surface area contributed by atoms with Crippen molar-refractivity contribution >= 4 is 62.6 Å². The fraction of sp³-hybridized carbons (Fsp3) is 0.148. The van der Waals surface area contributed by atoms with Crippen LogP contribution in [0.2, 0.25) is 5.02 Å². The lowest BCUT2D eigenvalue weighted by Crippen LogP contribution is -2.48. The van der Waals surface area contributed by atoms with Crippen LogP contribution in [0.3, 0.4) is 0 Å². The fourth-order valence-electron chi connectivity index (χ4n) is 5.49. The van der Waals surface area contributed by atoms with Crippen LogP contribution in [0, 0.1) is 17.7 Å². The Kier molecular flexibility index (Phi) is 5.16. The van der Waals surface area contributed by atoms with Gasteiger partial charge in [-0.25, -0.2) is 9.29 Å². The van der Waals surface area contributed by atoms with Crippen molar-refractivity contribution in [2.24, 2.45) is 11.8 Å². The molecule has 5 nitrogen and oxygen atoms in total. The molecule has 0 bridgehead atoms. The molecule has 3 aliphatic rings. The third kappa shape index (κ3) is 3.37. The summed E-state index contributed by atoms with van der Waals surface area (Å²) in [6, 6.07) is 16.2. The second-order valence-corrected chi connectivity index (χ2v) is 10.2. The molecule has 3 aromatic rings. The molecule has 0 aliphatic carbocycles. The summed E-state index contributed by atoms with van der Waals surface area (Å²) >= 11 is 9.69. The first-order valence-electron chi connectivity index (χ1n) is 11.0. The number of imide groups is 1. The summed E-state index contributed by atoms with van der Waals surface area (Å²) in [6.45, 7) is 0. The van der Waals surface area contributed by atoms with Gasteiger partial charge in [0.25, 0.3) is 0 Å². The molecule has 2 amide bonds. The number of carbonyl (C=O) groups is 3. The Labute approximate surface area is 213 Å². The fourth-order valence-corrected chi connectivity index (χ4v) is 5.92. The summed E-state index contributed by atoms with van der Waals surface area (Å²) in [5, 5.41) is 0.490. The number of anilines is 2. The summed E-state index contributed by atoms with van der Waals surface area (Å²) in [4.78, 5) is 44.3. The van der Waals surface area contributed by atoms with Gasteiger partial charge in [-0.05, 0) is 48.0 Å². The number of hydrogen-bond donors (Lipinski definition) is 0. The van der Waals surface area contributed by atoms with E-state index in [1.807, 2.05) is 23.1 Å². The lowest BCUT2D eigenvalue weighted by atomic mass is 9.86. The van der Waals surface area contributed by atoms with E-state index >= 15 is 0 Å². The molecule has 0 N–H and O–H groups in total. The maximum absolute atomic E-state index is 14.0. The van der Waals surface area contributed by atoms with Gasteiger partial charge in [0.2, 0.25) is 11.8 Å². The second kappa shape index (κ2) is 8.14. The largest absolute Gasteiger partial charge is 0.352 e. The Morgan fingerprint density at radius 3 is 2.43 bits per heavy atom. The van der Waals surface area contributed by atoms with Crippen LogP contribution in [-0.4, -0.2) is 29.7 Å². The van der Waals surface area contributed by atoms with Crippen LogP contribution in [0.5, 0.6) is 0 Å². The number of carbonyl (C=O) groups excluding carboxylic acids is 3. The molecule has 6 rings (SSSR count). The molecule has 2 saturated heterocycles. The Hall–Kier alpha value is -3.29. The smallest absolute Gasteiger partial charge is 0.240 e. The van der Waals surface area contributed by atoms with Gasteiger partial charge in [-0.1, -0.05) is 63.9 Å². The molecular weight excluding hydrogens is 535 g/mol. The minimum atomic E-state index is -0.929. The number of nitrogens with zero attached hydrogens (tertiary/aromatic N) is 2. The van der Waals surface area contributed by atoms with Gasteiger partial charge in [-0.2, -0.15) is 0 Å². The first kappa shape index (κ1) is 22.2. The van der Waals surface area contributed by atoms with E-state index in [2.05, 4.69) is 15.9 Å². The van der Waals surface area contributed by atoms with Crippen LogP contribution in [-0.2, 0) is 9.59 Å². The first-order chi connectivity index (χ1) is 16.8. The number of fused-ring (bicyclic) bond motifs is 5. The van der Waals surface area contributed by atoms with E-state index in [1.54, 1.807) is 36.4 Å². The minimum Gasteiger partial charge on any atom is -0.352 e. The van der Waals surface area contributed by atoms with Gasteiger partial charge in [0.05, 0.1) is 23.6 Å². The van der Waals surface area contributed by atoms with Crippen molar-refractivity contribution in [1.29, 1.82) is 0 Å². The Bertz CT molecular complexity index is 1440. The molecule has 174 valence electrons. The van der Waals surface area contributed by atoms with Crippen molar-refractivity contribution in [2.45, 2.75) is 12.1 Å². The van der Waals surface area contributed by atoms with E-state index in [4.69, 9.17) is 11.6 Å². The number of hydrogen-bond acceptors (Lipinski definition) is 4. The molecule has 0 saturated carbocycles.